The topological polar surface area (TPSA) is 91.5 Å². The quantitative estimate of drug-likeness (QED) is 0.781. The molecule has 20 heavy (non-hydrogen) atoms. The first kappa shape index (κ1) is 15.1. The molecule has 1 aliphatic heterocycles. The molecule has 2 heterocycles. The largest absolute Gasteiger partial charge is 0.393 e. The van der Waals surface area contributed by atoms with Gasteiger partial charge in [0.1, 0.15) is 10.7 Å². The van der Waals surface area contributed by atoms with Gasteiger partial charge in [-0.3, -0.25) is 4.79 Å². The van der Waals surface area contributed by atoms with Crippen LogP contribution in [0.25, 0.3) is 0 Å². The van der Waals surface area contributed by atoms with Gasteiger partial charge in [0.25, 0.3) is 5.91 Å². The summed E-state index contributed by atoms with van der Waals surface area (Å²) in [6.07, 6.45) is 0.965. The van der Waals surface area contributed by atoms with Gasteiger partial charge in [-0.25, -0.2) is 4.98 Å². The molecular weight excluding hydrogens is 276 g/mol. The second kappa shape index (κ2) is 6.41. The van der Waals surface area contributed by atoms with Gasteiger partial charge in [-0.05, 0) is 18.8 Å². The number of nitrogen functional groups attached to an aromatic ring is 1. The van der Waals surface area contributed by atoms with Gasteiger partial charge in [-0.15, -0.1) is 0 Å². The van der Waals surface area contributed by atoms with Crippen LogP contribution in [0.4, 0.5) is 10.9 Å². The van der Waals surface area contributed by atoms with Crippen LogP contribution in [0.5, 0.6) is 0 Å². The molecule has 2 rings (SSSR count). The summed E-state index contributed by atoms with van der Waals surface area (Å²) in [6, 6.07) is 0. The van der Waals surface area contributed by atoms with Crippen molar-refractivity contribution >= 4 is 28.2 Å². The van der Waals surface area contributed by atoms with Crippen LogP contribution >= 0.6 is 11.3 Å². The number of carbonyl (C=O) groups excluding carboxylic acids is 1. The number of anilines is 2. The number of rotatable bonds is 4. The standard InChI is InChI=1S/C13H22N4O2S/c1-8(2)7-15-13-16-11(14)10(20-13)12(19)17-5-3-9(18)4-6-17/h8-9,18H,3-7,14H2,1-2H3,(H,15,16). The molecule has 1 aromatic rings. The summed E-state index contributed by atoms with van der Waals surface area (Å²) in [7, 11) is 0. The highest BCUT2D eigenvalue weighted by atomic mass is 32.1. The number of aliphatic hydroxyl groups is 1. The SMILES string of the molecule is CC(C)CNc1nc(N)c(C(=O)N2CCC(O)CC2)s1. The molecule has 1 aromatic heterocycles. The molecule has 0 aromatic carbocycles. The molecule has 0 spiro atoms. The second-order valence-electron chi connectivity index (χ2n) is 5.53. The summed E-state index contributed by atoms with van der Waals surface area (Å²) in [5, 5.41) is 13.4. The zero-order valence-corrected chi connectivity index (χ0v) is 12.7. The molecule has 7 heteroatoms. The van der Waals surface area contributed by atoms with Crippen molar-refractivity contribution in [3.05, 3.63) is 4.88 Å². The maximum Gasteiger partial charge on any atom is 0.267 e. The Balaban J connectivity index is 2.02. The van der Waals surface area contributed by atoms with Gasteiger partial charge in [0.2, 0.25) is 0 Å². The lowest BCUT2D eigenvalue weighted by Gasteiger charge is -2.29. The molecular formula is C13H22N4O2S. The highest BCUT2D eigenvalue weighted by Crippen LogP contribution is 2.27. The zero-order chi connectivity index (χ0) is 14.7. The van der Waals surface area contributed by atoms with Crippen molar-refractivity contribution in [3.8, 4) is 0 Å². The van der Waals surface area contributed by atoms with E-state index in [-0.39, 0.29) is 17.8 Å². The number of thiazole rings is 1. The molecule has 0 atom stereocenters. The van der Waals surface area contributed by atoms with Crippen molar-refractivity contribution < 1.29 is 9.90 Å². The number of aliphatic hydroxyl groups excluding tert-OH is 1. The molecule has 0 unspecified atom stereocenters. The predicted octanol–water partition coefficient (Wildman–Crippen LogP) is 1.39. The van der Waals surface area contributed by atoms with Crippen LogP contribution in [-0.4, -0.2) is 46.6 Å². The Morgan fingerprint density at radius 1 is 1.55 bits per heavy atom. The third kappa shape index (κ3) is 3.61. The first-order chi connectivity index (χ1) is 9.47. The fraction of sp³-hybridized carbons (Fsp3) is 0.692. The molecule has 1 aliphatic rings. The smallest absolute Gasteiger partial charge is 0.267 e. The Hall–Kier alpha value is -1.34. The van der Waals surface area contributed by atoms with Crippen LogP contribution in [0.3, 0.4) is 0 Å². The summed E-state index contributed by atoms with van der Waals surface area (Å²) in [5.41, 5.74) is 5.85. The Kier molecular flexibility index (Phi) is 4.82. The van der Waals surface area contributed by atoms with Crippen LogP contribution < -0.4 is 11.1 Å². The van der Waals surface area contributed by atoms with E-state index in [1.165, 1.54) is 11.3 Å². The molecule has 112 valence electrons. The third-order valence-corrected chi connectivity index (χ3v) is 4.28. The molecule has 0 saturated carbocycles. The lowest BCUT2D eigenvalue weighted by atomic mass is 10.1. The van der Waals surface area contributed by atoms with E-state index in [1.54, 1.807) is 4.90 Å². The molecule has 0 radical (unpaired) electrons. The first-order valence-corrected chi connectivity index (χ1v) is 7.76. The maximum absolute atomic E-state index is 12.4. The minimum absolute atomic E-state index is 0.0792. The van der Waals surface area contributed by atoms with Gasteiger partial charge in [0.15, 0.2) is 5.13 Å². The number of hydrogen-bond acceptors (Lipinski definition) is 6. The van der Waals surface area contributed by atoms with Gasteiger partial charge >= 0.3 is 0 Å². The van der Waals surface area contributed by atoms with Crippen molar-refractivity contribution in [1.82, 2.24) is 9.88 Å². The summed E-state index contributed by atoms with van der Waals surface area (Å²) in [4.78, 5) is 18.8. The number of carbonyl (C=O) groups is 1. The summed E-state index contributed by atoms with van der Waals surface area (Å²) in [5.74, 6) is 0.713. The van der Waals surface area contributed by atoms with E-state index >= 15 is 0 Å². The van der Waals surface area contributed by atoms with Crippen LogP contribution in [0, 0.1) is 5.92 Å². The van der Waals surface area contributed by atoms with Crippen molar-refractivity contribution in [1.29, 1.82) is 0 Å². The van der Waals surface area contributed by atoms with Gasteiger partial charge in [0, 0.05) is 19.6 Å². The predicted molar refractivity (Wildman–Crippen MR) is 81.0 cm³/mol. The average molecular weight is 298 g/mol. The number of nitrogens with one attached hydrogen (secondary N) is 1. The highest BCUT2D eigenvalue weighted by molar-refractivity contribution is 7.18. The fourth-order valence-electron chi connectivity index (χ4n) is 2.06. The summed E-state index contributed by atoms with van der Waals surface area (Å²) >= 11 is 1.30. The number of amides is 1. The Morgan fingerprint density at radius 3 is 2.80 bits per heavy atom. The summed E-state index contributed by atoms with van der Waals surface area (Å²) < 4.78 is 0. The Morgan fingerprint density at radius 2 is 2.20 bits per heavy atom. The van der Waals surface area contributed by atoms with Crippen molar-refractivity contribution in [3.63, 3.8) is 0 Å². The third-order valence-electron chi connectivity index (χ3n) is 3.26. The lowest BCUT2D eigenvalue weighted by molar-refractivity contribution is 0.0551. The maximum atomic E-state index is 12.4. The summed E-state index contributed by atoms with van der Waals surface area (Å²) in [6.45, 7) is 6.17. The normalized spacial score (nSPS) is 16.7. The molecule has 1 saturated heterocycles. The number of hydrogen-bond donors (Lipinski definition) is 3. The molecule has 1 fully saturated rings. The van der Waals surface area contributed by atoms with Gasteiger partial charge in [-0.2, -0.15) is 0 Å². The van der Waals surface area contributed by atoms with Crippen molar-refractivity contribution in [2.45, 2.75) is 32.8 Å². The van der Waals surface area contributed by atoms with Crippen LogP contribution in [-0.2, 0) is 0 Å². The molecule has 0 aliphatic carbocycles. The minimum atomic E-state index is -0.291. The van der Waals surface area contributed by atoms with E-state index in [0.717, 1.165) is 6.54 Å². The molecule has 6 nitrogen and oxygen atoms in total. The second-order valence-corrected chi connectivity index (χ2v) is 6.53. The van der Waals surface area contributed by atoms with Crippen molar-refractivity contribution in [2.24, 2.45) is 5.92 Å². The number of piperidine rings is 1. The van der Waals surface area contributed by atoms with Gasteiger partial charge < -0.3 is 21.1 Å². The van der Waals surface area contributed by atoms with E-state index in [2.05, 4.69) is 24.1 Å². The molecule has 0 bridgehead atoms. The van der Waals surface area contributed by atoms with E-state index < -0.39 is 0 Å². The minimum Gasteiger partial charge on any atom is -0.393 e. The Labute approximate surface area is 123 Å². The molecule has 1 amide bonds. The van der Waals surface area contributed by atoms with E-state index in [0.29, 0.717) is 41.9 Å². The Bertz CT molecular complexity index is 467. The van der Waals surface area contributed by atoms with E-state index in [4.69, 9.17) is 5.73 Å². The van der Waals surface area contributed by atoms with E-state index in [9.17, 15) is 9.90 Å². The van der Waals surface area contributed by atoms with Crippen LogP contribution in [0.1, 0.15) is 36.4 Å². The number of likely N-dealkylation sites (tertiary alicyclic amines) is 1. The lowest BCUT2D eigenvalue weighted by Crippen LogP contribution is -2.39. The first-order valence-electron chi connectivity index (χ1n) is 6.95. The molecule has 4 N–H and O–H groups in total. The van der Waals surface area contributed by atoms with Crippen LogP contribution in [0.15, 0.2) is 0 Å². The van der Waals surface area contributed by atoms with Crippen molar-refractivity contribution in [2.75, 3.05) is 30.7 Å². The average Bonchev–Trinajstić information content (AvgIpc) is 2.78. The number of nitrogens with zero attached hydrogens (tertiary/aromatic N) is 2. The zero-order valence-electron chi connectivity index (χ0n) is 11.9. The monoisotopic (exact) mass is 298 g/mol. The number of aromatic nitrogens is 1. The number of nitrogens with two attached hydrogens (primary N) is 1. The van der Waals surface area contributed by atoms with Gasteiger partial charge in [0.05, 0.1) is 6.10 Å². The fourth-order valence-corrected chi connectivity index (χ4v) is 2.92. The highest BCUT2D eigenvalue weighted by Gasteiger charge is 2.26. The van der Waals surface area contributed by atoms with E-state index in [1.807, 2.05) is 0 Å². The van der Waals surface area contributed by atoms with Crippen LogP contribution in [0.2, 0.25) is 0 Å². The van der Waals surface area contributed by atoms with Gasteiger partial charge in [-0.1, -0.05) is 25.2 Å².